The molecule has 3 rings (SSSR count). The van der Waals surface area contributed by atoms with Gasteiger partial charge >= 0.3 is 6.03 Å². The summed E-state index contributed by atoms with van der Waals surface area (Å²) in [5.74, 6) is 0. The molecule has 2 aromatic heterocycles. The number of alkyl halides is 1. The van der Waals surface area contributed by atoms with Gasteiger partial charge in [0.1, 0.15) is 12.5 Å². The Bertz CT molecular complexity index is 677. The quantitative estimate of drug-likeness (QED) is 0.850. The second kappa shape index (κ2) is 7.35. The van der Waals surface area contributed by atoms with Crippen molar-refractivity contribution in [2.75, 3.05) is 18.4 Å². The number of carbonyl (C=O) groups excluding carboxylic acids is 1. The Balaban J connectivity index is 1.51. The molecule has 1 saturated heterocycles. The molecule has 0 aliphatic carbocycles. The van der Waals surface area contributed by atoms with E-state index in [-0.39, 0.29) is 12.1 Å². The zero-order valence-electron chi connectivity index (χ0n) is 13.4. The minimum Gasteiger partial charge on any atom is -0.336 e. The fourth-order valence-electron chi connectivity index (χ4n) is 2.85. The predicted octanol–water partition coefficient (Wildman–Crippen LogP) is 0.944. The minimum atomic E-state index is -0.886. The van der Waals surface area contributed by atoms with Crippen molar-refractivity contribution in [3.05, 3.63) is 36.7 Å². The third-order valence-electron chi connectivity index (χ3n) is 3.94. The maximum absolute atomic E-state index is 13.8. The lowest BCUT2D eigenvalue weighted by Gasteiger charge is -2.24. The van der Waals surface area contributed by atoms with Gasteiger partial charge in [0.25, 0.3) is 0 Å². The van der Waals surface area contributed by atoms with Crippen LogP contribution in [0.25, 0.3) is 0 Å². The summed E-state index contributed by atoms with van der Waals surface area (Å²) in [6.07, 6.45) is 7.69. The van der Waals surface area contributed by atoms with Crippen LogP contribution < -0.4 is 10.6 Å². The fourth-order valence-corrected chi connectivity index (χ4v) is 2.85. The molecular weight excluding hydrogens is 313 g/mol. The number of hydrogen-bond acceptors (Lipinski definition) is 5. The van der Waals surface area contributed by atoms with E-state index in [1.54, 1.807) is 36.5 Å². The summed E-state index contributed by atoms with van der Waals surface area (Å²) in [5.41, 5.74) is 1.54. The van der Waals surface area contributed by atoms with E-state index in [0.29, 0.717) is 31.7 Å². The van der Waals surface area contributed by atoms with Crippen LogP contribution in [-0.4, -0.2) is 56.0 Å². The van der Waals surface area contributed by atoms with Gasteiger partial charge in [0, 0.05) is 56.9 Å². The predicted molar refractivity (Wildman–Crippen MR) is 86.0 cm³/mol. The highest BCUT2D eigenvalue weighted by Gasteiger charge is 2.32. The number of rotatable bonds is 5. The number of carbonyl (C=O) groups is 1. The summed E-state index contributed by atoms with van der Waals surface area (Å²) in [4.78, 5) is 21.9. The second-order valence-corrected chi connectivity index (χ2v) is 5.90. The molecule has 3 heterocycles. The number of anilines is 1. The van der Waals surface area contributed by atoms with Crippen molar-refractivity contribution in [3.8, 4) is 0 Å². The van der Waals surface area contributed by atoms with Crippen molar-refractivity contribution >= 4 is 11.7 Å². The lowest BCUT2D eigenvalue weighted by molar-refractivity contribution is 0.224. The molecule has 1 aliphatic heterocycles. The molecule has 9 heteroatoms. The largest absolute Gasteiger partial charge is 0.336 e. The first-order chi connectivity index (χ1) is 11.6. The number of aryl methyl sites for hydroxylation is 1. The summed E-state index contributed by atoms with van der Waals surface area (Å²) in [5, 5.41) is 9.47. The zero-order chi connectivity index (χ0) is 16.9. The maximum Gasteiger partial charge on any atom is 0.319 e. The van der Waals surface area contributed by atoms with Crippen LogP contribution in [0.2, 0.25) is 0 Å². The minimum absolute atomic E-state index is 0.0557. The number of amides is 2. The van der Waals surface area contributed by atoms with Crippen LogP contribution in [0, 0.1) is 0 Å². The normalized spacial score (nSPS) is 20.9. The third-order valence-corrected chi connectivity index (χ3v) is 3.94. The van der Waals surface area contributed by atoms with Gasteiger partial charge < -0.3 is 10.6 Å². The Morgan fingerprint density at radius 1 is 1.38 bits per heavy atom. The van der Waals surface area contributed by atoms with Gasteiger partial charge in [-0.05, 0) is 6.42 Å². The van der Waals surface area contributed by atoms with E-state index in [1.807, 2.05) is 4.90 Å². The van der Waals surface area contributed by atoms with Crippen molar-refractivity contribution in [2.45, 2.75) is 25.2 Å². The number of urea groups is 1. The fraction of sp³-hybridized carbons (Fsp3) is 0.467. The Morgan fingerprint density at radius 3 is 2.88 bits per heavy atom. The van der Waals surface area contributed by atoms with Crippen LogP contribution >= 0.6 is 0 Å². The van der Waals surface area contributed by atoms with Gasteiger partial charge in [-0.1, -0.05) is 0 Å². The van der Waals surface area contributed by atoms with Crippen molar-refractivity contribution in [1.82, 2.24) is 30.0 Å². The molecule has 2 N–H and O–H groups in total. The summed E-state index contributed by atoms with van der Waals surface area (Å²) < 4.78 is 15.4. The van der Waals surface area contributed by atoms with Crippen LogP contribution in [-0.2, 0) is 13.6 Å². The number of nitrogens with zero attached hydrogens (tertiary/aromatic N) is 5. The third kappa shape index (κ3) is 4.25. The Kier molecular flexibility index (Phi) is 4.99. The summed E-state index contributed by atoms with van der Waals surface area (Å²) in [6.45, 7) is 1.30. The number of likely N-dealkylation sites (tertiary alicyclic amines) is 1. The molecule has 0 spiro atoms. The SMILES string of the molecule is Cn1cc(NC(=O)NC[C@@H]2C[C@H](F)CN2Cc2cncnc2)cn1. The van der Waals surface area contributed by atoms with Gasteiger partial charge in [-0.2, -0.15) is 5.10 Å². The van der Waals surface area contributed by atoms with Gasteiger partial charge in [0.15, 0.2) is 0 Å². The van der Waals surface area contributed by atoms with Gasteiger partial charge in [0.05, 0.1) is 11.9 Å². The van der Waals surface area contributed by atoms with Crippen molar-refractivity contribution in [1.29, 1.82) is 0 Å². The van der Waals surface area contributed by atoms with Crippen molar-refractivity contribution in [2.24, 2.45) is 7.05 Å². The first kappa shape index (κ1) is 16.3. The molecule has 24 heavy (non-hydrogen) atoms. The molecule has 1 aliphatic rings. The Labute approximate surface area is 139 Å². The average Bonchev–Trinajstić information content (AvgIpc) is 3.12. The maximum atomic E-state index is 13.8. The second-order valence-electron chi connectivity index (χ2n) is 5.90. The van der Waals surface area contributed by atoms with Crippen LogP contribution in [0.15, 0.2) is 31.1 Å². The molecule has 2 atom stereocenters. The van der Waals surface area contributed by atoms with E-state index < -0.39 is 6.17 Å². The summed E-state index contributed by atoms with van der Waals surface area (Å²) >= 11 is 0. The molecule has 128 valence electrons. The van der Waals surface area contributed by atoms with E-state index in [2.05, 4.69) is 25.7 Å². The highest BCUT2D eigenvalue weighted by atomic mass is 19.1. The monoisotopic (exact) mass is 333 g/mol. The smallest absolute Gasteiger partial charge is 0.319 e. The molecule has 0 saturated carbocycles. The molecule has 1 fully saturated rings. The number of halogens is 1. The van der Waals surface area contributed by atoms with Crippen LogP contribution in [0.3, 0.4) is 0 Å². The van der Waals surface area contributed by atoms with Crippen molar-refractivity contribution in [3.63, 3.8) is 0 Å². The van der Waals surface area contributed by atoms with Crippen LogP contribution in [0.4, 0.5) is 14.9 Å². The number of hydrogen-bond donors (Lipinski definition) is 2. The highest BCUT2D eigenvalue weighted by molar-refractivity contribution is 5.88. The molecule has 0 bridgehead atoms. The standard InChI is InChI=1S/C15H20FN7O/c1-22-9-13(5-20-22)21-15(24)19-6-14-2-12(16)8-23(14)7-11-3-17-10-18-4-11/h3-5,9-10,12,14H,2,6-8H2,1H3,(H2,19,21,24)/t12-,14-/m0/s1. The van der Waals surface area contributed by atoms with E-state index >= 15 is 0 Å². The topological polar surface area (TPSA) is 88.0 Å². The first-order valence-electron chi connectivity index (χ1n) is 7.75. The molecule has 0 aromatic carbocycles. The molecular formula is C15H20FN7O. The number of nitrogens with one attached hydrogen (secondary N) is 2. The molecule has 2 aromatic rings. The Morgan fingerprint density at radius 2 is 2.17 bits per heavy atom. The van der Waals surface area contributed by atoms with Crippen LogP contribution in [0.5, 0.6) is 0 Å². The highest BCUT2D eigenvalue weighted by Crippen LogP contribution is 2.22. The van der Waals surface area contributed by atoms with Gasteiger partial charge in [-0.3, -0.25) is 9.58 Å². The molecule has 8 nitrogen and oxygen atoms in total. The van der Waals surface area contributed by atoms with Crippen LogP contribution in [0.1, 0.15) is 12.0 Å². The lowest BCUT2D eigenvalue weighted by atomic mass is 10.2. The summed E-state index contributed by atoms with van der Waals surface area (Å²) in [7, 11) is 1.77. The van der Waals surface area contributed by atoms with Crippen molar-refractivity contribution < 1.29 is 9.18 Å². The molecule has 0 radical (unpaired) electrons. The lowest BCUT2D eigenvalue weighted by Crippen LogP contribution is -2.41. The van der Waals surface area contributed by atoms with E-state index in [4.69, 9.17) is 0 Å². The molecule has 2 amide bonds. The molecule has 0 unspecified atom stereocenters. The van der Waals surface area contributed by atoms with E-state index in [0.717, 1.165) is 5.56 Å². The van der Waals surface area contributed by atoms with E-state index in [1.165, 1.54) is 6.33 Å². The summed E-state index contributed by atoms with van der Waals surface area (Å²) in [6, 6.07) is -0.381. The van der Waals surface area contributed by atoms with Gasteiger partial charge in [0.2, 0.25) is 0 Å². The van der Waals surface area contributed by atoms with E-state index in [9.17, 15) is 9.18 Å². The average molecular weight is 333 g/mol. The van der Waals surface area contributed by atoms with Gasteiger partial charge in [-0.25, -0.2) is 19.2 Å². The Hall–Kier alpha value is -2.55. The first-order valence-corrected chi connectivity index (χ1v) is 7.75. The van der Waals surface area contributed by atoms with Gasteiger partial charge in [-0.15, -0.1) is 0 Å². The zero-order valence-corrected chi connectivity index (χ0v) is 13.4. The number of aromatic nitrogens is 4.